The highest BCUT2D eigenvalue weighted by Crippen LogP contribution is 2.31. The second-order valence-corrected chi connectivity index (χ2v) is 8.26. The van der Waals surface area contributed by atoms with E-state index in [-0.39, 0.29) is 13.5 Å². The number of ether oxygens (including phenoxy) is 1. The van der Waals surface area contributed by atoms with E-state index in [9.17, 15) is 0 Å². The van der Waals surface area contributed by atoms with Crippen molar-refractivity contribution < 1.29 is 4.74 Å². The Labute approximate surface area is 115 Å². The zero-order valence-electron chi connectivity index (χ0n) is 6.92. The van der Waals surface area contributed by atoms with E-state index in [0.29, 0.717) is 11.6 Å². The maximum Gasteiger partial charge on any atom is 0.319 e. The molecule has 8 heteroatoms. The second kappa shape index (κ2) is 5.72. The van der Waals surface area contributed by atoms with E-state index < -0.39 is 0 Å². The predicted octanol–water partition coefficient (Wildman–Crippen LogP) is 3.46. The molecule has 1 rings (SSSR count). The van der Waals surface area contributed by atoms with Crippen molar-refractivity contribution in [2.24, 2.45) is 0 Å². The minimum Gasteiger partial charge on any atom is -0.467 e. The lowest BCUT2D eigenvalue weighted by atomic mass is 10.6. The normalized spacial score (nSPS) is 11.1. The maximum absolute atomic E-state index is 4.95. The van der Waals surface area contributed by atoms with Gasteiger partial charge in [-0.1, -0.05) is 63.7 Å². The summed E-state index contributed by atoms with van der Waals surface area (Å²) >= 11 is 13.2. The number of rotatable bonds is 3. The molecule has 0 aliphatic heterocycles. The van der Waals surface area contributed by atoms with Gasteiger partial charge in [0.15, 0.2) is 11.6 Å². The fourth-order valence-electron chi connectivity index (χ4n) is 0.675. The van der Waals surface area contributed by atoms with Crippen molar-refractivity contribution >= 4 is 63.7 Å². The Morgan fingerprint density at radius 2 is 1.36 bits per heavy atom. The predicted molar refractivity (Wildman–Crippen MR) is 67.6 cm³/mol. The van der Waals surface area contributed by atoms with Crippen LogP contribution in [0.4, 0.5) is 0 Å². The molecular formula is C6H5Br4N3O. The number of aromatic nitrogens is 3. The molecule has 4 nitrogen and oxygen atoms in total. The first-order valence-electron chi connectivity index (χ1n) is 3.40. The van der Waals surface area contributed by atoms with Gasteiger partial charge in [0.05, 0.1) is 7.11 Å². The number of alkyl halides is 4. The van der Waals surface area contributed by atoms with Crippen molar-refractivity contribution in [2.75, 3.05) is 7.11 Å². The summed E-state index contributed by atoms with van der Waals surface area (Å²) in [7, 11) is 1.51. The smallest absolute Gasteiger partial charge is 0.319 e. The van der Waals surface area contributed by atoms with Crippen molar-refractivity contribution in [3.63, 3.8) is 0 Å². The minimum atomic E-state index is -0.121. The molecule has 0 spiro atoms. The maximum atomic E-state index is 4.95. The zero-order chi connectivity index (χ0) is 10.7. The van der Waals surface area contributed by atoms with Crippen LogP contribution in [0.25, 0.3) is 0 Å². The van der Waals surface area contributed by atoms with Crippen LogP contribution in [0.2, 0.25) is 0 Å². The average molecular weight is 455 g/mol. The highest BCUT2D eigenvalue weighted by molar-refractivity contribution is 9.24. The molecule has 0 aromatic carbocycles. The monoisotopic (exact) mass is 451 g/mol. The van der Waals surface area contributed by atoms with Crippen LogP contribution in [0.1, 0.15) is 19.1 Å². The van der Waals surface area contributed by atoms with Crippen LogP contribution in [0, 0.1) is 0 Å². The third kappa shape index (κ3) is 3.39. The number of nitrogens with zero attached hydrogens (tertiary/aromatic N) is 3. The minimum absolute atomic E-state index is 0.121. The fourth-order valence-corrected chi connectivity index (χ4v) is 1.49. The first-order valence-corrected chi connectivity index (χ1v) is 7.07. The van der Waals surface area contributed by atoms with Gasteiger partial charge in [0.25, 0.3) is 0 Å². The van der Waals surface area contributed by atoms with Gasteiger partial charge in [0.1, 0.15) is 7.47 Å². The molecule has 1 heterocycles. The first kappa shape index (κ1) is 12.8. The SMILES string of the molecule is COc1nc(C(Br)Br)nc(C(Br)Br)n1. The second-order valence-electron chi connectivity index (χ2n) is 2.14. The fraction of sp³-hybridized carbons (Fsp3) is 0.500. The molecule has 78 valence electrons. The number of halogens is 4. The molecule has 0 radical (unpaired) electrons. The number of hydrogen-bond donors (Lipinski definition) is 0. The van der Waals surface area contributed by atoms with Crippen molar-refractivity contribution in [3.8, 4) is 6.01 Å². The van der Waals surface area contributed by atoms with Gasteiger partial charge in [0.2, 0.25) is 0 Å². The lowest BCUT2D eigenvalue weighted by molar-refractivity contribution is 0.374. The van der Waals surface area contributed by atoms with Crippen LogP contribution in [0.5, 0.6) is 6.01 Å². The van der Waals surface area contributed by atoms with E-state index in [4.69, 9.17) is 4.74 Å². The quantitative estimate of drug-likeness (QED) is 0.656. The van der Waals surface area contributed by atoms with Crippen molar-refractivity contribution in [1.82, 2.24) is 15.0 Å². The summed E-state index contributed by atoms with van der Waals surface area (Å²) in [4.78, 5) is 12.3. The van der Waals surface area contributed by atoms with E-state index >= 15 is 0 Å². The summed E-state index contributed by atoms with van der Waals surface area (Å²) < 4.78 is 4.71. The third-order valence-electron chi connectivity index (χ3n) is 1.22. The molecule has 0 saturated carbocycles. The summed E-state index contributed by atoms with van der Waals surface area (Å²) in [6.07, 6.45) is 0. The lowest BCUT2D eigenvalue weighted by Gasteiger charge is -2.06. The Hall–Kier alpha value is 0.730. The van der Waals surface area contributed by atoms with E-state index in [0.717, 1.165) is 0 Å². The summed E-state index contributed by atoms with van der Waals surface area (Å²) in [5.41, 5.74) is 0. The van der Waals surface area contributed by atoms with Crippen LogP contribution in [0.3, 0.4) is 0 Å². The topological polar surface area (TPSA) is 47.9 Å². The standard InChI is InChI=1S/C6H5Br4N3O/c1-14-6-12-4(2(7)8)11-5(13-6)3(9)10/h2-3H,1H3. The molecule has 0 amide bonds. The van der Waals surface area contributed by atoms with Gasteiger partial charge in [-0.05, 0) is 0 Å². The van der Waals surface area contributed by atoms with Gasteiger partial charge in [-0.3, -0.25) is 0 Å². The molecule has 0 saturated heterocycles. The Balaban J connectivity index is 3.13. The largest absolute Gasteiger partial charge is 0.467 e. The number of methoxy groups -OCH3 is 1. The summed E-state index contributed by atoms with van der Waals surface area (Å²) in [5.74, 6) is 1.13. The van der Waals surface area contributed by atoms with Crippen LogP contribution < -0.4 is 4.74 Å². The van der Waals surface area contributed by atoms with Gasteiger partial charge in [-0.2, -0.15) is 9.97 Å². The molecule has 0 unspecified atom stereocenters. The van der Waals surface area contributed by atoms with Gasteiger partial charge < -0.3 is 4.74 Å². The van der Waals surface area contributed by atoms with Gasteiger partial charge >= 0.3 is 6.01 Å². The number of hydrogen-bond acceptors (Lipinski definition) is 4. The zero-order valence-corrected chi connectivity index (χ0v) is 13.3. The van der Waals surface area contributed by atoms with Crippen LogP contribution in [-0.2, 0) is 0 Å². The van der Waals surface area contributed by atoms with Gasteiger partial charge in [-0.15, -0.1) is 0 Å². The van der Waals surface area contributed by atoms with Gasteiger partial charge in [-0.25, -0.2) is 4.98 Å². The first-order chi connectivity index (χ1) is 6.54. The summed E-state index contributed by atoms with van der Waals surface area (Å²) in [6.45, 7) is 0. The third-order valence-corrected chi connectivity index (χ3v) is 2.86. The molecule has 0 bridgehead atoms. The Bertz CT molecular complexity index is 294. The molecule has 0 aliphatic carbocycles. The molecule has 14 heavy (non-hydrogen) atoms. The van der Waals surface area contributed by atoms with Crippen molar-refractivity contribution in [1.29, 1.82) is 0 Å². The average Bonchev–Trinajstić information content (AvgIpc) is 2.16. The molecule has 1 aromatic rings. The molecular weight excluding hydrogens is 450 g/mol. The Kier molecular flexibility index (Phi) is 5.22. The Morgan fingerprint density at radius 1 is 0.929 bits per heavy atom. The van der Waals surface area contributed by atoms with Crippen LogP contribution in [-0.4, -0.2) is 22.1 Å². The van der Waals surface area contributed by atoms with Crippen molar-refractivity contribution in [3.05, 3.63) is 11.6 Å². The molecule has 0 N–H and O–H groups in total. The molecule has 0 aliphatic rings. The van der Waals surface area contributed by atoms with Gasteiger partial charge in [0, 0.05) is 0 Å². The molecule has 0 atom stereocenters. The van der Waals surface area contributed by atoms with Crippen LogP contribution in [0.15, 0.2) is 0 Å². The van der Waals surface area contributed by atoms with Crippen LogP contribution >= 0.6 is 63.7 Å². The van der Waals surface area contributed by atoms with E-state index in [1.165, 1.54) is 7.11 Å². The Morgan fingerprint density at radius 3 is 1.64 bits per heavy atom. The lowest BCUT2D eigenvalue weighted by Crippen LogP contribution is -2.04. The summed E-state index contributed by atoms with van der Waals surface area (Å²) in [5, 5.41) is 0. The van der Waals surface area contributed by atoms with E-state index in [1.54, 1.807) is 0 Å². The highest BCUT2D eigenvalue weighted by atomic mass is 79.9. The van der Waals surface area contributed by atoms with E-state index in [1.807, 2.05) is 0 Å². The summed E-state index contributed by atoms with van der Waals surface area (Å²) in [6, 6.07) is 0.290. The molecule has 1 aromatic heterocycles. The van der Waals surface area contributed by atoms with Crippen molar-refractivity contribution in [2.45, 2.75) is 7.47 Å². The van der Waals surface area contributed by atoms with E-state index in [2.05, 4.69) is 78.7 Å². The molecule has 0 fully saturated rings. The highest BCUT2D eigenvalue weighted by Gasteiger charge is 2.15.